The third kappa shape index (κ3) is 2.66. The monoisotopic (exact) mass is 268 g/mol. The van der Waals surface area contributed by atoms with E-state index in [-0.39, 0.29) is 5.97 Å². The van der Waals surface area contributed by atoms with Crippen molar-refractivity contribution in [2.24, 2.45) is 5.41 Å². The van der Waals surface area contributed by atoms with E-state index in [4.69, 9.17) is 4.74 Å². The molecule has 1 saturated carbocycles. The summed E-state index contributed by atoms with van der Waals surface area (Å²) in [4.78, 5) is 11.9. The number of aromatic nitrogens is 1. The van der Waals surface area contributed by atoms with Crippen molar-refractivity contribution < 1.29 is 9.53 Å². The lowest BCUT2D eigenvalue weighted by atomic mass is 10.0. The van der Waals surface area contributed by atoms with Gasteiger partial charge in [-0.1, -0.05) is 6.92 Å². The third-order valence-corrected chi connectivity index (χ3v) is 4.57. The maximum absolute atomic E-state index is 11.9. The van der Waals surface area contributed by atoms with Crippen LogP contribution < -0.4 is 5.32 Å². The Morgan fingerprint density at radius 2 is 2.22 bits per heavy atom. The van der Waals surface area contributed by atoms with E-state index >= 15 is 0 Å². The number of aryl methyl sites for hydroxylation is 1. The summed E-state index contributed by atoms with van der Waals surface area (Å²) in [7, 11) is 0. The van der Waals surface area contributed by atoms with Crippen molar-refractivity contribution in [1.82, 2.24) is 4.37 Å². The summed E-state index contributed by atoms with van der Waals surface area (Å²) in [6.45, 7) is 7.21. The molecule has 0 unspecified atom stereocenters. The second kappa shape index (κ2) is 5.26. The van der Waals surface area contributed by atoms with Crippen molar-refractivity contribution in [3.63, 3.8) is 0 Å². The minimum atomic E-state index is -0.271. The van der Waals surface area contributed by atoms with Crippen molar-refractivity contribution in [1.29, 1.82) is 0 Å². The number of carbonyl (C=O) groups excluding carboxylic acids is 1. The Hall–Kier alpha value is -1.10. The van der Waals surface area contributed by atoms with E-state index in [1.165, 1.54) is 30.8 Å². The first kappa shape index (κ1) is 13.3. The van der Waals surface area contributed by atoms with Crippen LogP contribution in [0.15, 0.2) is 0 Å². The van der Waals surface area contributed by atoms with Crippen molar-refractivity contribution in [2.75, 3.05) is 18.5 Å². The highest BCUT2D eigenvalue weighted by Crippen LogP contribution is 2.48. The molecular weight excluding hydrogens is 248 g/mol. The molecule has 18 heavy (non-hydrogen) atoms. The molecule has 2 rings (SSSR count). The Morgan fingerprint density at radius 1 is 1.50 bits per heavy atom. The zero-order valence-corrected chi connectivity index (χ0v) is 12.0. The number of hydrogen-bond acceptors (Lipinski definition) is 5. The van der Waals surface area contributed by atoms with Gasteiger partial charge in [0, 0.05) is 6.54 Å². The summed E-state index contributed by atoms with van der Waals surface area (Å²) in [5.74, 6) is -0.271. The van der Waals surface area contributed by atoms with Crippen molar-refractivity contribution >= 4 is 22.5 Å². The molecule has 0 amide bonds. The molecular formula is C13H20N2O2S. The third-order valence-electron chi connectivity index (χ3n) is 3.67. The highest BCUT2D eigenvalue weighted by atomic mass is 32.1. The van der Waals surface area contributed by atoms with E-state index in [2.05, 4.69) is 16.6 Å². The van der Waals surface area contributed by atoms with Gasteiger partial charge in [-0.25, -0.2) is 4.79 Å². The lowest BCUT2D eigenvalue weighted by molar-refractivity contribution is 0.0527. The van der Waals surface area contributed by atoms with Crippen LogP contribution in [0.4, 0.5) is 5.00 Å². The van der Waals surface area contributed by atoms with Crippen molar-refractivity contribution in [3.8, 4) is 0 Å². The van der Waals surface area contributed by atoms with Gasteiger partial charge in [0.25, 0.3) is 0 Å². The molecule has 1 aliphatic carbocycles. The summed E-state index contributed by atoms with van der Waals surface area (Å²) in [6.07, 6.45) is 3.75. The Kier molecular flexibility index (Phi) is 3.90. The van der Waals surface area contributed by atoms with Crippen molar-refractivity contribution in [3.05, 3.63) is 11.3 Å². The van der Waals surface area contributed by atoms with Crippen LogP contribution in [-0.2, 0) is 4.74 Å². The molecule has 1 fully saturated rings. The first-order valence-electron chi connectivity index (χ1n) is 6.49. The Labute approximate surface area is 112 Å². The van der Waals surface area contributed by atoms with Crippen LogP contribution in [0, 0.1) is 12.3 Å². The smallest absolute Gasteiger partial charge is 0.343 e. The van der Waals surface area contributed by atoms with Gasteiger partial charge in [-0.3, -0.25) is 0 Å². The lowest BCUT2D eigenvalue weighted by Crippen LogP contribution is -2.16. The summed E-state index contributed by atoms with van der Waals surface area (Å²) in [6, 6.07) is 0. The van der Waals surface area contributed by atoms with E-state index < -0.39 is 0 Å². The minimum Gasteiger partial charge on any atom is -0.462 e. The Morgan fingerprint density at radius 3 is 2.78 bits per heavy atom. The Balaban J connectivity index is 2.06. The zero-order valence-electron chi connectivity index (χ0n) is 11.2. The van der Waals surface area contributed by atoms with Gasteiger partial charge in [-0.05, 0) is 50.1 Å². The van der Waals surface area contributed by atoms with Crippen molar-refractivity contribution in [2.45, 2.75) is 40.0 Å². The summed E-state index contributed by atoms with van der Waals surface area (Å²) >= 11 is 1.35. The first-order chi connectivity index (χ1) is 8.62. The number of esters is 1. The molecule has 0 spiro atoms. The van der Waals surface area contributed by atoms with E-state index in [1.807, 2.05) is 13.8 Å². The Bertz CT molecular complexity index is 438. The topological polar surface area (TPSA) is 51.2 Å². The van der Waals surface area contributed by atoms with Gasteiger partial charge in [-0.15, -0.1) is 0 Å². The molecule has 0 atom stereocenters. The predicted octanol–water partition coefficient (Wildman–Crippen LogP) is 3.23. The second-order valence-corrected chi connectivity index (χ2v) is 5.67. The highest BCUT2D eigenvalue weighted by molar-refractivity contribution is 7.10. The molecule has 4 nitrogen and oxygen atoms in total. The maximum Gasteiger partial charge on any atom is 0.343 e. The zero-order chi connectivity index (χ0) is 13.2. The summed E-state index contributed by atoms with van der Waals surface area (Å²) in [5.41, 5.74) is 1.81. The van der Waals surface area contributed by atoms with Gasteiger partial charge in [-0.2, -0.15) is 4.37 Å². The lowest BCUT2D eigenvalue weighted by Gasteiger charge is -2.13. The minimum absolute atomic E-state index is 0.271. The van der Waals surface area contributed by atoms with Crippen LogP contribution in [0.25, 0.3) is 0 Å². The number of ether oxygens (including phenoxy) is 1. The van der Waals surface area contributed by atoms with E-state index in [0.717, 1.165) is 17.2 Å². The molecule has 0 bridgehead atoms. The second-order valence-electron chi connectivity index (χ2n) is 4.90. The number of nitrogens with zero attached hydrogens (tertiary/aromatic N) is 1. The van der Waals surface area contributed by atoms with E-state index in [9.17, 15) is 4.79 Å². The molecule has 5 heteroatoms. The highest BCUT2D eigenvalue weighted by Gasteiger charge is 2.40. The van der Waals surface area contributed by atoms with Crippen LogP contribution in [-0.4, -0.2) is 23.5 Å². The molecule has 1 N–H and O–H groups in total. The molecule has 1 heterocycles. The average molecular weight is 268 g/mol. The van der Waals surface area contributed by atoms with Crippen LogP contribution >= 0.6 is 11.5 Å². The number of rotatable bonds is 6. The molecule has 0 radical (unpaired) electrons. The molecule has 1 aromatic rings. The molecule has 1 aliphatic rings. The number of nitrogens with one attached hydrogen (secondary N) is 1. The number of anilines is 1. The molecule has 0 saturated heterocycles. The summed E-state index contributed by atoms with van der Waals surface area (Å²) < 4.78 is 9.31. The van der Waals surface area contributed by atoms with Gasteiger partial charge < -0.3 is 10.1 Å². The first-order valence-corrected chi connectivity index (χ1v) is 7.26. The van der Waals surface area contributed by atoms with Crippen LogP contribution in [0.2, 0.25) is 0 Å². The quantitative estimate of drug-likeness (QED) is 0.805. The fraction of sp³-hybridized carbons (Fsp3) is 0.692. The number of hydrogen-bond donors (Lipinski definition) is 1. The standard InChI is InChI=1S/C13H20N2O2S/c1-4-13(6-7-13)8-14-11-10(9(3)15-18-11)12(16)17-5-2/h14H,4-8H2,1-3H3. The molecule has 0 aromatic carbocycles. The number of carbonyl (C=O) groups is 1. The van der Waals surface area contributed by atoms with Crippen LogP contribution in [0.1, 0.15) is 49.2 Å². The van der Waals surface area contributed by atoms with Gasteiger partial charge in [0.15, 0.2) is 0 Å². The van der Waals surface area contributed by atoms with Gasteiger partial charge in [0.05, 0.1) is 12.3 Å². The largest absolute Gasteiger partial charge is 0.462 e. The summed E-state index contributed by atoms with van der Waals surface area (Å²) in [5, 5.41) is 4.23. The predicted molar refractivity (Wildman–Crippen MR) is 73.3 cm³/mol. The van der Waals surface area contributed by atoms with Gasteiger partial charge >= 0.3 is 5.97 Å². The molecule has 0 aliphatic heterocycles. The fourth-order valence-electron chi connectivity index (χ4n) is 2.03. The van der Waals surface area contributed by atoms with Gasteiger partial charge in [0.1, 0.15) is 10.6 Å². The average Bonchev–Trinajstić information content (AvgIpc) is 3.05. The molecule has 1 aromatic heterocycles. The van der Waals surface area contributed by atoms with Crippen LogP contribution in [0.3, 0.4) is 0 Å². The molecule has 100 valence electrons. The van der Waals surface area contributed by atoms with E-state index in [1.54, 1.807) is 0 Å². The fourth-order valence-corrected chi connectivity index (χ4v) is 2.81. The maximum atomic E-state index is 11.9. The van der Waals surface area contributed by atoms with Crippen LogP contribution in [0.5, 0.6) is 0 Å². The van der Waals surface area contributed by atoms with E-state index in [0.29, 0.717) is 17.6 Å². The van der Waals surface area contributed by atoms with Gasteiger partial charge in [0.2, 0.25) is 0 Å². The normalized spacial score (nSPS) is 16.4. The SMILES string of the molecule is CCOC(=O)c1c(C)nsc1NCC1(CC)CC1.